The number of aliphatic imine (C=N–C) groups is 1. The van der Waals surface area contributed by atoms with Crippen LogP contribution in [0.15, 0.2) is 29.3 Å². The van der Waals surface area contributed by atoms with Crippen LogP contribution in [-0.2, 0) is 16.0 Å². The molecule has 1 aromatic rings. The Morgan fingerprint density at radius 2 is 2.00 bits per heavy atom. The van der Waals surface area contributed by atoms with Crippen LogP contribution in [0.1, 0.15) is 49.5 Å². The van der Waals surface area contributed by atoms with Gasteiger partial charge in [-0.3, -0.25) is 9.79 Å². The number of rotatable bonds is 4. The van der Waals surface area contributed by atoms with Crippen molar-refractivity contribution in [3.05, 3.63) is 35.4 Å². The van der Waals surface area contributed by atoms with Crippen LogP contribution in [0.5, 0.6) is 0 Å². The van der Waals surface area contributed by atoms with E-state index in [1.807, 2.05) is 45.0 Å². The third-order valence-corrected chi connectivity index (χ3v) is 5.11. The standard InChI is InChI=1S/C22H34N4O3.HI/c1-22(2,3)25-20(27)17-8-5-7-16(13-17)14-24-21(23-4)26-10-12-29-19(15-26)18-9-6-11-28-18;/h5,7-8,13,18-19H,6,9-12,14-15H2,1-4H3,(H,23,24)(H,25,27);1H. The molecule has 0 radical (unpaired) electrons. The van der Waals surface area contributed by atoms with Crippen molar-refractivity contribution >= 4 is 35.8 Å². The Morgan fingerprint density at radius 1 is 1.23 bits per heavy atom. The fourth-order valence-electron chi connectivity index (χ4n) is 3.74. The minimum atomic E-state index is -0.261. The number of carbonyl (C=O) groups excluding carboxylic acids is 1. The molecule has 1 aromatic carbocycles. The highest BCUT2D eigenvalue weighted by Crippen LogP contribution is 2.21. The number of halogens is 1. The second-order valence-electron chi connectivity index (χ2n) is 8.71. The Morgan fingerprint density at radius 3 is 2.67 bits per heavy atom. The van der Waals surface area contributed by atoms with E-state index in [0.29, 0.717) is 18.7 Å². The van der Waals surface area contributed by atoms with E-state index in [1.54, 1.807) is 7.05 Å². The molecule has 1 amide bonds. The lowest BCUT2D eigenvalue weighted by Gasteiger charge is -2.37. The highest BCUT2D eigenvalue weighted by Gasteiger charge is 2.32. The molecule has 0 spiro atoms. The zero-order valence-corrected chi connectivity index (χ0v) is 20.8. The molecule has 2 saturated heterocycles. The van der Waals surface area contributed by atoms with Gasteiger partial charge < -0.3 is 25.0 Å². The fraction of sp³-hybridized carbons (Fsp3) is 0.636. The summed E-state index contributed by atoms with van der Waals surface area (Å²) >= 11 is 0. The number of carbonyl (C=O) groups is 1. The lowest BCUT2D eigenvalue weighted by atomic mass is 10.1. The summed E-state index contributed by atoms with van der Waals surface area (Å²) in [6, 6.07) is 7.70. The number of benzene rings is 1. The Labute approximate surface area is 197 Å². The predicted molar refractivity (Wildman–Crippen MR) is 130 cm³/mol. The van der Waals surface area contributed by atoms with Crippen LogP contribution in [0, 0.1) is 0 Å². The van der Waals surface area contributed by atoms with Crippen LogP contribution in [0.2, 0.25) is 0 Å². The van der Waals surface area contributed by atoms with Gasteiger partial charge in [0.2, 0.25) is 0 Å². The van der Waals surface area contributed by atoms with Gasteiger partial charge in [0.05, 0.1) is 12.7 Å². The molecule has 2 heterocycles. The Balaban J connectivity index is 0.00000320. The largest absolute Gasteiger partial charge is 0.375 e. The minimum Gasteiger partial charge on any atom is -0.375 e. The van der Waals surface area contributed by atoms with Crippen molar-refractivity contribution in [1.82, 2.24) is 15.5 Å². The quantitative estimate of drug-likeness (QED) is 0.356. The maximum absolute atomic E-state index is 12.4. The molecule has 2 unspecified atom stereocenters. The van der Waals surface area contributed by atoms with E-state index in [9.17, 15) is 4.79 Å². The van der Waals surface area contributed by atoms with Crippen molar-refractivity contribution in [3.8, 4) is 0 Å². The molecule has 7 nitrogen and oxygen atoms in total. The Bertz CT molecular complexity index is 729. The van der Waals surface area contributed by atoms with Crippen LogP contribution >= 0.6 is 24.0 Å². The van der Waals surface area contributed by atoms with Gasteiger partial charge in [0.25, 0.3) is 5.91 Å². The van der Waals surface area contributed by atoms with Gasteiger partial charge >= 0.3 is 0 Å². The van der Waals surface area contributed by atoms with Gasteiger partial charge in [-0.15, -0.1) is 24.0 Å². The van der Waals surface area contributed by atoms with E-state index in [1.165, 1.54) is 0 Å². The van der Waals surface area contributed by atoms with Crippen LogP contribution in [0.3, 0.4) is 0 Å². The van der Waals surface area contributed by atoms with Crippen LogP contribution in [-0.4, -0.2) is 67.9 Å². The third kappa shape index (κ3) is 7.09. The summed E-state index contributed by atoms with van der Waals surface area (Å²) in [5, 5.41) is 6.43. The number of morpholine rings is 1. The molecule has 2 atom stereocenters. The average molecular weight is 530 g/mol. The van der Waals surface area contributed by atoms with Gasteiger partial charge in [0.15, 0.2) is 5.96 Å². The average Bonchev–Trinajstić information content (AvgIpc) is 3.23. The smallest absolute Gasteiger partial charge is 0.251 e. The summed E-state index contributed by atoms with van der Waals surface area (Å²) in [5.41, 5.74) is 1.44. The first-order valence-electron chi connectivity index (χ1n) is 10.5. The summed E-state index contributed by atoms with van der Waals surface area (Å²) in [4.78, 5) is 19.1. The molecule has 168 valence electrons. The van der Waals surface area contributed by atoms with Crippen molar-refractivity contribution < 1.29 is 14.3 Å². The molecule has 2 aliphatic rings. The Hall–Kier alpha value is -1.39. The second-order valence-corrected chi connectivity index (χ2v) is 8.71. The van der Waals surface area contributed by atoms with Crippen molar-refractivity contribution in [1.29, 1.82) is 0 Å². The number of guanidine groups is 1. The molecule has 0 aromatic heterocycles. The normalized spacial score (nSPS) is 22.4. The van der Waals surface area contributed by atoms with Crippen molar-refractivity contribution in [2.45, 2.75) is 57.9 Å². The number of hydrogen-bond acceptors (Lipinski definition) is 4. The monoisotopic (exact) mass is 530 g/mol. The third-order valence-electron chi connectivity index (χ3n) is 5.11. The molecule has 2 N–H and O–H groups in total. The molecular weight excluding hydrogens is 495 g/mol. The summed E-state index contributed by atoms with van der Waals surface area (Å²) in [6.07, 6.45) is 2.45. The molecule has 0 aliphatic carbocycles. The van der Waals surface area contributed by atoms with E-state index >= 15 is 0 Å². The van der Waals surface area contributed by atoms with Gasteiger partial charge in [-0.2, -0.15) is 0 Å². The van der Waals surface area contributed by atoms with Crippen LogP contribution in [0.4, 0.5) is 0 Å². The number of ether oxygens (including phenoxy) is 2. The first-order valence-corrected chi connectivity index (χ1v) is 10.5. The van der Waals surface area contributed by atoms with Gasteiger partial charge in [0.1, 0.15) is 6.10 Å². The highest BCUT2D eigenvalue weighted by molar-refractivity contribution is 14.0. The molecule has 0 saturated carbocycles. The van der Waals surface area contributed by atoms with E-state index < -0.39 is 0 Å². The number of nitrogens with zero attached hydrogens (tertiary/aromatic N) is 2. The fourth-order valence-corrected chi connectivity index (χ4v) is 3.74. The van der Waals surface area contributed by atoms with E-state index in [0.717, 1.165) is 44.1 Å². The van der Waals surface area contributed by atoms with Gasteiger partial charge in [-0.1, -0.05) is 12.1 Å². The summed E-state index contributed by atoms with van der Waals surface area (Å²) in [5.74, 6) is 0.789. The number of nitrogens with one attached hydrogen (secondary N) is 2. The number of amides is 1. The maximum Gasteiger partial charge on any atom is 0.251 e. The van der Waals surface area contributed by atoms with Crippen molar-refractivity contribution in [2.24, 2.45) is 4.99 Å². The molecule has 30 heavy (non-hydrogen) atoms. The van der Waals surface area contributed by atoms with Gasteiger partial charge in [0, 0.05) is 44.4 Å². The SMILES string of the molecule is CN=C(NCc1cccc(C(=O)NC(C)(C)C)c1)N1CCOC(C2CCCO2)C1.I. The summed E-state index contributed by atoms with van der Waals surface area (Å²) < 4.78 is 11.7. The second kappa shape index (κ2) is 11.3. The van der Waals surface area contributed by atoms with Crippen LogP contribution in [0.25, 0.3) is 0 Å². The van der Waals surface area contributed by atoms with Crippen molar-refractivity contribution in [2.75, 3.05) is 33.4 Å². The molecule has 8 heteroatoms. The lowest BCUT2D eigenvalue weighted by molar-refractivity contribution is -0.0817. The topological polar surface area (TPSA) is 75.2 Å². The van der Waals surface area contributed by atoms with E-state index in [4.69, 9.17) is 9.47 Å². The van der Waals surface area contributed by atoms with E-state index in [2.05, 4.69) is 20.5 Å². The zero-order chi connectivity index (χ0) is 20.9. The molecule has 3 rings (SSSR count). The summed E-state index contributed by atoms with van der Waals surface area (Å²) in [7, 11) is 1.80. The highest BCUT2D eigenvalue weighted by atomic mass is 127. The maximum atomic E-state index is 12.4. The van der Waals surface area contributed by atoms with Gasteiger partial charge in [-0.25, -0.2) is 0 Å². The molecule has 2 aliphatic heterocycles. The first kappa shape index (κ1) is 24.9. The summed E-state index contributed by atoms with van der Waals surface area (Å²) in [6.45, 7) is 9.62. The molecule has 0 bridgehead atoms. The van der Waals surface area contributed by atoms with E-state index in [-0.39, 0.29) is 47.6 Å². The molecular formula is C22H35IN4O3. The number of hydrogen-bond donors (Lipinski definition) is 2. The zero-order valence-electron chi connectivity index (χ0n) is 18.4. The van der Waals surface area contributed by atoms with Gasteiger partial charge in [-0.05, 0) is 51.3 Å². The van der Waals surface area contributed by atoms with Crippen molar-refractivity contribution in [3.63, 3.8) is 0 Å². The molecule has 2 fully saturated rings. The minimum absolute atomic E-state index is 0. The lowest BCUT2D eigenvalue weighted by Crippen LogP contribution is -2.53. The predicted octanol–water partition coefficient (Wildman–Crippen LogP) is 2.79. The Kier molecular flexibility index (Phi) is 9.36. The van der Waals surface area contributed by atoms with Crippen LogP contribution < -0.4 is 10.6 Å². The first-order chi connectivity index (χ1) is 13.9.